The number of nitrogens with one attached hydrogen (secondary N) is 1. The van der Waals surface area contributed by atoms with Gasteiger partial charge in [-0.1, -0.05) is 13.3 Å². The number of nitriles is 1. The first-order valence-corrected chi connectivity index (χ1v) is 7.00. The van der Waals surface area contributed by atoms with E-state index in [0.717, 1.165) is 57.8 Å². The van der Waals surface area contributed by atoms with E-state index in [9.17, 15) is 5.26 Å². The number of nitrogens with zero attached hydrogens (tertiary/aromatic N) is 4. The Morgan fingerprint density at radius 3 is 3.00 bits per heavy atom. The van der Waals surface area contributed by atoms with Crippen LogP contribution in [0.4, 0.5) is 11.6 Å². The lowest BCUT2D eigenvalue weighted by atomic mass is 10.3. The van der Waals surface area contributed by atoms with E-state index in [0.29, 0.717) is 11.4 Å². The van der Waals surface area contributed by atoms with Crippen LogP contribution in [0, 0.1) is 11.3 Å². The maximum Gasteiger partial charge on any atom is 0.170 e. The third-order valence-electron chi connectivity index (χ3n) is 3.45. The molecule has 1 aromatic rings. The van der Waals surface area contributed by atoms with Crippen molar-refractivity contribution in [3.05, 3.63) is 5.56 Å². The maximum atomic E-state index is 9.31. The fraction of sp³-hybridized carbons (Fsp3) is 0.692. The summed E-state index contributed by atoms with van der Waals surface area (Å²) < 4.78 is 1.77. The molecule has 0 aliphatic carbocycles. The molecule has 0 unspecified atom stereocenters. The second-order valence-corrected chi connectivity index (χ2v) is 4.86. The molecule has 19 heavy (non-hydrogen) atoms. The number of anilines is 2. The highest BCUT2D eigenvalue weighted by Crippen LogP contribution is 2.25. The SMILES string of the molecule is CCCCn1nc(N2CCCNCC2)c(C#N)c1N. The molecule has 0 atom stereocenters. The molecule has 2 rings (SSSR count). The normalized spacial score (nSPS) is 16.1. The number of unbranched alkanes of at least 4 members (excludes halogenated alkanes) is 1. The third kappa shape index (κ3) is 2.99. The summed E-state index contributed by atoms with van der Waals surface area (Å²) in [6.07, 6.45) is 3.18. The van der Waals surface area contributed by atoms with E-state index in [1.165, 1.54) is 0 Å². The van der Waals surface area contributed by atoms with Crippen LogP contribution in [0.25, 0.3) is 0 Å². The van der Waals surface area contributed by atoms with Gasteiger partial charge in [0.2, 0.25) is 0 Å². The highest BCUT2D eigenvalue weighted by Gasteiger charge is 2.21. The summed E-state index contributed by atoms with van der Waals surface area (Å²) in [5.74, 6) is 1.25. The van der Waals surface area contributed by atoms with Gasteiger partial charge in [0, 0.05) is 26.2 Å². The average molecular weight is 262 g/mol. The van der Waals surface area contributed by atoms with E-state index in [2.05, 4.69) is 28.3 Å². The summed E-state index contributed by atoms with van der Waals surface area (Å²) in [5.41, 5.74) is 6.56. The number of hydrogen-bond acceptors (Lipinski definition) is 5. The molecule has 1 fully saturated rings. The summed E-state index contributed by atoms with van der Waals surface area (Å²) >= 11 is 0. The first-order valence-electron chi connectivity index (χ1n) is 7.00. The first-order chi connectivity index (χ1) is 9.27. The summed E-state index contributed by atoms with van der Waals surface area (Å²) in [6.45, 7) is 6.65. The minimum atomic E-state index is 0.503. The van der Waals surface area contributed by atoms with Gasteiger partial charge in [-0.15, -0.1) is 0 Å². The summed E-state index contributed by atoms with van der Waals surface area (Å²) in [5, 5.41) is 17.2. The van der Waals surface area contributed by atoms with Gasteiger partial charge in [0.05, 0.1) is 0 Å². The fourth-order valence-corrected chi connectivity index (χ4v) is 2.33. The van der Waals surface area contributed by atoms with Crippen LogP contribution in [0.3, 0.4) is 0 Å². The van der Waals surface area contributed by atoms with E-state index in [1.807, 2.05) is 0 Å². The Kier molecular flexibility index (Phi) is 4.63. The molecular formula is C13H22N6. The average Bonchev–Trinajstić information content (AvgIpc) is 2.61. The van der Waals surface area contributed by atoms with Gasteiger partial charge in [-0.05, 0) is 19.4 Å². The van der Waals surface area contributed by atoms with Gasteiger partial charge in [0.25, 0.3) is 0 Å². The van der Waals surface area contributed by atoms with Crippen LogP contribution in [-0.4, -0.2) is 36.0 Å². The molecule has 0 aromatic carbocycles. The minimum absolute atomic E-state index is 0.503. The van der Waals surface area contributed by atoms with E-state index < -0.39 is 0 Å². The van der Waals surface area contributed by atoms with Crippen LogP contribution in [0.5, 0.6) is 0 Å². The molecule has 0 radical (unpaired) electrons. The fourth-order valence-electron chi connectivity index (χ4n) is 2.33. The van der Waals surface area contributed by atoms with Gasteiger partial charge in [0.15, 0.2) is 5.82 Å². The lowest BCUT2D eigenvalue weighted by Gasteiger charge is -2.19. The number of hydrogen-bond donors (Lipinski definition) is 2. The Hall–Kier alpha value is -1.74. The number of nitrogens with two attached hydrogens (primary N) is 1. The van der Waals surface area contributed by atoms with Crippen LogP contribution in [0.15, 0.2) is 0 Å². The van der Waals surface area contributed by atoms with Crippen LogP contribution >= 0.6 is 0 Å². The molecule has 1 aliphatic heterocycles. The first kappa shape index (κ1) is 13.7. The number of aromatic nitrogens is 2. The van der Waals surface area contributed by atoms with Gasteiger partial charge in [-0.3, -0.25) is 0 Å². The van der Waals surface area contributed by atoms with Crippen molar-refractivity contribution in [2.24, 2.45) is 0 Å². The summed E-state index contributed by atoms with van der Waals surface area (Å²) in [4.78, 5) is 2.16. The molecule has 3 N–H and O–H groups in total. The Labute approximate surface area is 114 Å². The molecule has 1 aromatic heterocycles. The molecule has 0 spiro atoms. The largest absolute Gasteiger partial charge is 0.383 e. The predicted octanol–water partition coefficient (Wildman–Crippen LogP) is 0.937. The van der Waals surface area contributed by atoms with Crippen molar-refractivity contribution in [3.63, 3.8) is 0 Å². The van der Waals surface area contributed by atoms with Crippen molar-refractivity contribution < 1.29 is 0 Å². The zero-order chi connectivity index (χ0) is 13.7. The van der Waals surface area contributed by atoms with Crippen molar-refractivity contribution in [2.45, 2.75) is 32.7 Å². The smallest absolute Gasteiger partial charge is 0.170 e. The molecule has 1 aliphatic rings. The molecule has 0 bridgehead atoms. The van der Waals surface area contributed by atoms with E-state index in [1.54, 1.807) is 4.68 Å². The molecule has 104 valence electrons. The quantitative estimate of drug-likeness (QED) is 0.843. The van der Waals surface area contributed by atoms with Crippen LogP contribution < -0.4 is 16.0 Å². The highest BCUT2D eigenvalue weighted by molar-refractivity contribution is 5.65. The number of nitrogen functional groups attached to an aromatic ring is 1. The zero-order valence-corrected chi connectivity index (χ0v) is 11.5. The topological polar surface area (TPSA) is 82.9 Å². The van der Waals surface area contributed by atoms with Gasteiger partial charge in [0.1, 0.15) is 17.5 Å². The number of rotatable bonds is 4. The van der Waals surface area contributed by atoms with E-state index >= 15 is 0 Å². The third-order valence-corrected chi connectivity index (χ3v) is 3.45. The second-order valence-electron chi connectivity index (χ2n) is 4.86. The Bertz CT molecular complexity index is 450. The van der Waals surface area contributed by atoms with Crippen LogP contribution in [-0.2, 0) is 6.54 Å². The van der Waals surface area contributed by atoms with E-state index in [-0.39, 0.29) is 0 Å². The number of aryl methyl sites for hydroxylation is 1. The van der Waals surface area contributed by atoms with Gasteiger partial charge >= 0.3 is 0 Å². The molecular weight excluding hydrogens is 240 g/mol. The standard InChI is InChI=1S/C13H22N6/c1-2-3-8-19-12(15)11(10-14)13(17-19)18-7-4-5-16-6-9-18/h16H,2-9,15H2,1H3. The van der Waals surface area contributed by atoms with Crippen LogP contribution in [0.1, 0.15) is 31.7 Å². The van der Waals surface area contributed by atoms with Crippen molar-refractivity contribution in [2.75, 3.05) is 36.8 Å². The van der Waals surface area contributed by atoms with E-state index in [4.69, 9.17) is 5.73 Å². The minimum Gasteiger partial charge on any atom is -0.383 e. The predicted molar refractivity (Wildman–Crippen MR) is 76.0 cm³/mol. The monoisotopic (exact) mass is 262 g/mol. The molecule has 6 heteroatoms. The van der Waals surface area contributed by atoms with Crippen LogP contribution in [0.2, 0.25) is 0 Å². The molecule has 2 heterocycles. The summed E-state index contributed by atoms with van der Waals surface area (Å²) in [7, 11) is 0. The lowest BCUT2D eigenvalue weighted by molar-refractivity contribution is 0.576. The molecule has 6 nitrogen and oxygen atoms in total. The lowest BCUT2D eigenvalue weighted by Crippen LogP contribution is -2.28. The molecule has 1 saturated heterocycles. The Balaban J connectivity index is 2.25. The molecule has 0 saturated carbocycles. The van der Waals surface area contributed by atoms with Gasteiger partial charge in [-0.2, -0.15) is 10.4 Å². The highest BCUT2D eigenvalue weighted by atomic mass is 15.4. The zero-order valence-electron chi connectivity index (χ0n) is 11.5. The van der Waals surface area contributed by atoms with Crippen molar-refractivity contribution in [3.8, 4) is 6.07 Å². The van der Waals surface area contributed by atoms with Crippen molar-refractivity contribution in [1.82, 2.24) is 15.1 Å². The Morgan fingerprint density at radius 1 is 1.42 bits per heavy atom. The molecule has 0 amide bonds. The van der Waals surface area contributed by atoms with Gasteiger partial charge < -0.3 is 16.0 Å². The van der Waals surface area contributed by atoms with Crippen molar-refractivity contribution >= 4 is 11.6 Å². The maximum absolute atomic E-state index is 9.31. The van der Waals surface area contributed by atoms with Gasteiger partial charge in [-0.25, -0.2) is 4.68 Å². The second kappa shape index (κ2) is 6.43. The Morgan fingerprint density at radius 2 is 2.26 bits per heavy atom. The summed E-state index contributed by atoms with van der Waals surface area (Å²) in [6, 6.07) is 2.21. The van der Waals surface area contributed by atoms with Crippen molar-refractivity contribution in [1.29, 1.82) is 5.26 Å².